The van der Waals surface area contributed by atoms with Crippen LogP contribution in [0.1, 0.15) is 50.3 Å². The van der Waals surface area contributed by atoms with E-state index in [1.807, 2.05) is 0 Å². The van der Waals surface area contributed by atoms with E-state index in [1.165, 1.54) is 30.5 Å². The Labute approximate surface area is 114 Å². The Morgan fingerprint density at radius 2 is 2.11 bits per heavy atom. The van der Waals surface area contributed by atoms with Gasteiger partial charge in [0.1, 0.15) is 12.1 Å². The molecule has 1 atom stereocenters. The lowest BCUT2D eigenvalue weighted by Gasteiger charge is -2.13. The van der Waals surface area contributed by atoms with Gasteiger partial charge in [-0.25, -0.2) is 9.97 Å². The first-order valence-corrected chi connectivity index (χ1v) is 7.45. The minimum atomic E-state index is 0.262. The van der Waals surface area contributed by atoms with Gasteiger partial charge in [-0.1, -0.05) is 13.3 Å². The van der Waals surface area contributed by atoms with E-state index in [9.17, 15) is 0 Å². The van der Waals surface area contributed by atoms with Crippen molar-refractivity contribution in [1.82, 2.24) is 9.97 Å². The van der Waals surface area contributed by atoms with E-state index in [0.29, 0.717) is 0 Å². The number of anilines is 1. The van der Waals surface area contributed by atoms with Gasteiger partial charge in [-0.05, 0) is 38.5 Å². The summed E-state index contributed by atoms with van der Waals surface area (Å²) in [5.74, 6) is 1.03. The lowest BCUT2D eigenvalue weighted by Crippen LogP contribution is -2.12. The van der Waals surface area contributed by atoms with Gasteiger partial charge in [-0.3, -0.25) is 0 Å². The third-order valence-electron chi connectivity index (χ3n) is 3.57. The predicted molar refractivity (Wildman–Crippen MR) is 76.3 cm³/mol. The summed E-state index contributed by atoms with van der Waals surface area (Å²) in [5.41, 5.74) is 2.57. The highest BCUT2D eigenvalue weighted by atomic mass is 35.5. The summed E-state index contributed by atoms with van der Waals surface area (Å²) >= 11 is 6.13. The molecular formula is C14H22ClN3. The Balaban J connectivity index is 1.99. The average molecular weight is 268 g/mol. The van der Waals surface area contributed by atoms with Crippen molar-refractivity contribution in [2.45, 2.75) is 57.2 Å². The zero-order chi connectivity index (χ0) is 12.8. The Hall–Kier alpha value is -0.830. The summed E-state index contributed by atoms with van der Waals surface area (Å²) in [6, 6.07) is 0. The molecule has 1 aliphatic rings. The normalized spacial score (nSPS) is 16.8. The number of hydrogen-bond acceptors (Lipinski definition) is 3. The maximum atomic E-state index is 6.13. The third-order valence-corrected chi connectivity index (χ3v) is 4.09. The first-order valence-electron chi connectivity index (χ1n) is 7.02. The molecule has 3 nitrogen and oxygen atoms in total. The van der Waals surface area contributed by atoms with Crippen molar-refractivity contribution in [1.29, 1.82) is 0 Å². The maximum Gasteiger partial charge on any atom is 0.132 e. The van der Waals surface area contributed by atoms with Crippen LogP contribution in [0, 0.1) is 0 Å². The van der Waals surface area contributed by atoms with Crippen LogP contribution in [0.25, 0.3) is 0 Å². The molecule has 0 aliphatic heterocycles. The van der Waals surface area contributed by atoms with Crippen molar-refractivity contribution in [2.24, 2.45) is 0 Å². The number of nitrogens with zero attached hydrogens (tertiary/aromatic N) is 2. The number of fused-ring (bicyclic) bond motifs is 1. The number of aromatic nitrogens is 2. The van der Waals surface area contributed by atoms with Gasteiger partial charge < -0.3 is 5.32 Å². The zero-order valence-corrected chi connectivity index (χ0v) is 11.8. The van der Waals surface area contributed by atoms with Gasteiger partial charge >= 0.3 is 0 Å². The third kappa shape index (κ3) is 3.58. The minimum Gasteiger partial charge on any atom is -0.370 e. The molecule has 18 heavy (non-hydrogen) atoms. The van der Waals surface area contributed by atoms with Gasteiger partial charge in [0.2, 0.25) is 0 Å². The summed E-state index contributed by atoms with van der Waals surface area (Å²) in [6.45, 7) is 3.01. The molecule has 1 unspecified atom stereocenters. The lowest BCUT2D eigenvalue weighted by atomic mass is 10.1. The smallest absolute Gasteiger partial charge is 0.132 e. The van der Waals surface area contributed by atoms with Crippen LogP contribution >= 0.6 is 11.6 Å². The van der Waals surface area contributed by atoms with E-state index >= 15 is 0 Å². The number of rotatable bonds is 5. The molecule has 2 rings (SSSR count). The van der Waals surface area contributed by atoms with Crippen LogP contribution in [-0.4, -0.2) is 21.9 Å². The monoisotopic (exact) mass is 267 g/mol. The Kier molecular flexibility index (Phi) is 5.24. The zero-order valence-electron chi connectivity index (χ0n) is 11.1. The molecule has 0 fully saturated rings. The van der Waals surface area contributed by atoms with Gasteiger partial charge in [-0.2, -0.15) is 0 Å². The van der Waals surface area contributed by atoms with E-state index in [2.05, 4.69) is 22.2 Å². The van der Waals surface area contributed by atoms with Gasteiger partial charge in [0.15, 0.2) is 0 Å². The highest BCUT2D eigenvalue weighted by Crippen LogP contribution is 2.23. The molecule has 1 N–H and O–H groups in total. The van der Waals surface area contributed by atoms with Crippen LogP contribution in [0.3, 0.4) is 0 Å². The van der Waals surface area contributed by atoms with Crippen molar-refractivity contribution in [3.63, 3.8) is 0 Å². The lowest BCUT2D eigenvalue weighted by molar-refractivity contribution is 0.708. The quantitative estimate of drug-likeness (QED) is 0.655. The van der Waals surface area contributed by atoms with Crippen LogP contribution in [0.2, 0.25) is 0 Å². The topological polar surface area (TPSA) is 37.8 Å². The summed E-state index contributed by atoms with van der Waals surface area (Å²) < 4.78 is 0. The SMILES string of the molecule is CCC(Cl)CCNc1ncnc2c1CCCCC2. The first kappa shape index (κ1) is 13.6. The fourth-order valence-electron chi connectivity index (χ4n) is 2.40. The molecule has 0 saturated carbocycles. The van der Waals surface area contributed by atoms with E-state index in [1.54, 1.807) is 6.33 Å². The Morgan fingerprint density at radius 3 is 2.94 bits per heavy atom. The number of alkyl halides is 1. The molecule has 0 amide bonds. The van der Waals surface area contributed by atoms with Gasteiger partial charge in [0.25, 0.3) is 0 Å². The summed E-state index contributed by atoms with van der Waals surface area (Å²) in [5, 5.41) is 3.69. The standard InChI is InChI=1S/C14H22ClN3/c1-2-11(15)8-9-16-14-12-6-4-3-5-7-13(12)17-10-18-14/h10-11H,2-9H2,1H3,(H,16,17,18). The largest absolute Gasteiger partial charge is 0.370 e. The second kappa shape index (κ2) is 6.93. The number of nitrogens with one attached hydrogen (secondary N) is 1. The summed E-state index contributed by atoms with van der Waals surface area (Å²) in [7, 11) is 0. The van der Waals surface area contributed by atoms with Gasteiger partial charge in [0, 0.05) is 23.2 Å². The van der Waals surface area contributed by atoms with Crippen LogP contribution in [0.5, 0.6) is 0 Å². The molecule has 0 saturated heterocycles. The van der Waals surface area contributed by atoms with Gasteiger partial charge in [-0.15, -0.1) is 11.6 Å². The second-order valence-corrected chi connectivity index (χ2v) is 5.55. The predicted octanol–water partition coefficient (Wildman–Crippen LogP) is 3.56. The number of halogens is 1. The molecule has 0 bridgehead atoms. The molecule has 0 aromatic carbocycles. The molecule has 1 aromatic heterocycles. The first-order chi connectivity index (χ1) is 8.81. The molecule has 1 aromatic rings. The van der Waals surface area contributed by atoms with Crippen molar-refractivity contribution < 1.29 is 0 Å². The summed E-state index contributed by atoms with van der Waals surface area (Å²) in [6.07, 6.45) is 9.70. The van der Waals surface area contributed by atoms with Crippen LogP contribution < -0.4 is 5.32 Å². The van der Waals surface area contributed by atoms with E-state index in [0.717, 1.165) is 38.0 Å². The van der Waals surface area contributed by atoms with Crippen molar-refractivity contribution in [2.75, 3.05) is 11.9 Å². The van der Waals surface area contributed by atoms with E-state index in [4.69, 9.17) is 11.6 Å². The molecule has 1 aliphatic carbocycles. The maximum absolute atomic E-state index is 6.13. The van der Waals surface area contributed by atoms with E-state index in [-0.39, 0.29) is 5.38 Å². The Bertz CT molecular complexity index is 381. The average Bonchev–Trinajstić information content (AvgIpc) is 2.64. The summed E-state index contributed by atoms with van der Waals surface area (Å²) in [4.78, 5) is 8.81. The molecule has 1 heterocycles. The van der Waals surface area contributed by atoms with Crippen LogP contribution in [0.15, 0.2) is 6.33 Å². The fraction of sp³-hybridized carbons (Fsp3) is 0.714. The Morgan fingerprint density at radius 1 is 1.28 bits per heavy atom. The minimum absolute atomic E-state index is 0.262. The van der Waals surface area contributed by atoms with Crippen molar-refractivity contribution >= 4 is 17.4 Å². The highest BCUT2D eigenvalue weighted by Gasteiger charge is 2.14. The van der Waals surface area contributed by atoms with Crippen molar-refractivity contribution in [3.05, 3.63) is 17.6 Å². The number of hydrogen-bond donors (Lipinski definition) is 1. The van der Waals surface area contributed by atoms with Crippen LogP contribution in [0.4, 0.5) is 5.82 Å². The molecular weight excluding hydrogens is 246 g/mol. The molecule has 4 heteroatoms. The fourth-order valence-corrected chi connectivity index (χ4v) is 2.51. The van der Waals surface area contributed by atoms with E-state index < -0.39 is 0 Å². The second-order valence-electron chi connectivity index (χ2n) is 4.93. The van der Waals surface area contributed by atoms with Crippen molar-refractivity contribution in [3.8, 4) is 0 Å². The molecule has 100 valence electrons. The van der Waals surface area contributed by atoms with Crippen LogP contribution in [-0.2, 0) is 12.8 Å². The highest BCUT2D eigenvalue weighted by molar-refractivity contribution is 6.20. The molecule has 0 spiro atoms. The van der Waals surface area contributed by atoms with Gasteiger partial charge in [0.05, 0.1) is 0 Å². The molecule has 0 radical (unpaired) electrons. The number of aryl methyl sites for hydroxylation is 1.